The van der Waals surface area contributed by atoms with Gasteiger partial charge >= 0.3 is 6.01 Å². The predicted octanol–water partition coefficient (Wildman–Crippen LogP) is 4.97. The van der Waals surface area contributed by atoms with Gasteiger partial charge in [-0.1, -0.05) is 24.3 Å². The molecule has 0 unspecified atom stereocenters. The van der Waals surface area contributed by atoms with Gasteiger partial charge in [0.2, 0.25) is 0 Å². The highest BCUT2D eigenvalue weighted by atomic mass is 19.1. The topological polar surface area (TPSA) is 80.1 Å². The molecule has 0 aliphatic carbocycles. The number of fused-ring (bicyclic) bond motifs is 1. The highest BCUT2D eigenvalue weighted by Crippen LogP contribution is 2.33. The highest BCUT2D eigenvalue weighted by molar-refractivity contribution is 5.95. The van der Waals surface area contributed by atoms with Crippen LogP contribution in [0.5, 0.6) is 11.8 Å². The molecular formula is C27H23FN4O2. The predicted molar refractivity (Wildman–Crippen MR) is 128 cm³/mol. The van der Waals surface area contributed by atoms with Crippen LogP contribution in [-0.4, -0.2) is 36.8 Å². The minimum absolute atomic E-state index is 0.199. The average Bonchev–Trinajstić information content (AvgIpc) is 3.40. The van der Waals surface area contributed by atoms with Gasteiger partial charge in [-0.3, -0.25) is 0 Å². The van der Waals surface area contributed by atoms with Gasteiger partial charge in [0.1, 0.15) is 0 Å². The molecule has 0 bridgehead atoms. The van der Waals surface area contributed by atoms with Crippen molar-refractivity contribution >= 4 is 10.9 Å². The van der Waals surface area contributed by atoms with E-state index in [4.69, 9.17) is 14.5 Å². The van der Waals surface area contributed by atoms with Gasteiger partial charge in [-0.05, 0) is 60.5 Å². The van der Waals surface area contributed by atoms with Crippen LogP contribution in [0.4, 0.5) is 4.39 Å². The molecule has 1 aliphatic heterocycles. The number of rotatable bonds is 6. The Hall–Kier alpha value is -4.02. The SMILES string of the molecule is COc1ccc(-c2ccc3nc(OC[C@H]4CCNC4)nc(-c4ccc(C#N)cc4)c3c2)cc1F. The molecule has 0 spiro atoms. The standard InChI is InChI=1S/C27H23FN4O2/c1-33-25-9-7-21(13-23(25)28)20-6-8-24-22(12-20)26(19-4-2-17(14-29)3-5-19)32-27(31-24)34-16-18-10-11-30-15-18/h2-9,12-13,18,30H,10-11,15-16H2,1H3/t18-/m0/s1. The van der Waals surface area contributed by atoms with Gasteiger partial charge in [-0.15, -0.1) is 0 Å². The van der Waals surface area contributed by atoms with E-state index in [0.29, 0.717) is 29.8 Å². The summed E-state index contributed by atoms with van der Waals surface area (Å²) in [4.78, 5) is 9.37. The molecule has 34 heavy (non-hydrogen) atoms. The molecule has 1 atom stereocenters. The molecule has 170 valence electrons. The lowest BCUT2D eigenvalue weighted by Gasteiger charge is -2.13. The third kappa shape index (κ3) is 4.41. The maximum atomic E-state index is 14.3. The lowest BCUT2D eigenvalue weighted by Crippen LogP contribution is -2.16. The van der Waals surface area contributed by atoms with Crippen LogP contribution in [0.3, 0.4) is 0 Å². The fourth-order valence-electron chi connectivity index (χ4n) is 4.17. The van der Waals surface area contributed by atoms with Crippen molar-refractivity contribution in [3.05, 3.63) is 72.0 Å². The van der Waals surface area contributed by atoms with Crippen LogP contribution in [0.15, 0.2) is 60.7 Å². The van der Waals surface area contributed by atoms with Crippen LogP contribution in [0, 0.1) is 23.1 Å². The van der Waals surface area contributed by atoms with Gasteiger partial charge < -0.3 is 14.8 Å². The number of nitriles is 1. The van der Waals surface area contributed by atoms with E-state index >= 15 is 0 Å². The zero-order valence-electron chi connectivity index (χ0n) is 18.7. The molecule has 0 amide bonds. The summed E-state index contributed by atoms with van der Waals surface area (Å²) in [6.45, 7) is 2.48. The maximum absolute atomic E-state index is 14.3. The first kappa shape index (κ1) is 21.8. The third-order valence-corrected chi connectivity index (χ3v) is 6.06. The average molecular weight is 455 g/mol. The molecule has 0 saturated carbocycles. The third-order valence-electron chi connectivity index (χ3n) is 6.06. The lowest BCUT2D eigenvalue weighted by atomic mass is 9.99. The normalized spacial score (nSPS) is 15.3. The van der Waals surface area contributed by atoms with E-state index in [1.807, 2.05) is 36.4 Å². The smallest absolute Gasteiger partial charge is 0.317 e. The van der Waals surface area contributed by atoms with Crippen molar-refractivity contribution in [2.45, 2.75) is 6.42 Å². The van der Waals surface area contributed by atoms with Crippen LogP contribution >= 0.6 is 0 Å². The first-order valence-electron chi connectivity index (χ1n) is 11.1. The molecule has 1 aromatic heterocycles. The van der Waals surface area contributed by atoms with E-state index in [1.165, 1.54) is 13.2 Å². The molecule has 6 nitrogen and oxygen atoms in total. The van der Waals surface area contributed by atoms with Crippen molar-refractivity contribution < 1.29 is 13.9 Å². The van der Waals surface area contributed by atoms with E-state index in [9.17, 15) is 9.65 Å². The molecule has 1 N–H and O–H groups in total. The van der Waals surface area contributed by atoms with Crippen molar-refractivity contribution in [2.75, 3.05) is 26.8 Å². The summed E-state index contributed by atoms with van der Waals surface area (Å²) >= 11 is 0. The van der Waals surface area contributed by atoms with Crippen LogP contribution in [-0.2, 0) is 0 Å². The van der Waals surface area contributed by atoms with Crippen LogP contribution < -0.4 is 14.8 Å². The van der Waals surface area contributed by atoms with E-state index < -0.39 is 5.82 Å². The Labute approximate surface area is 197 Å². The second-order valence-electron chi connectivity index (χ2n) is 8.30. The zero-order valence-corrected chi connectivity index (χ0v) is 18.7. The summed E-state index contributed by atoms with van der Waals surface area (Å²) in [6, 6.07) is 20.4. The maximum Gasteiger partial charge on any atom is 0.317 e. The molecular weight excluding hydrogens is 431 g/mol. The Kier molecular flexibility index (Phi) is 6.07. The number of halogens is 1. The number of ether oxygens (including phenoxy) is 2. The van der Waals surface area contributed by atoms with Gasteiger partial charge in [0.15, 0.2) is 11.6 Å². The quantitative estimate of drug-likeness (QED) is 0.443. The Balaban J connectivity index is 1.59. The summed E-state index contributed by atoms with van der Waals surface area (Å²) < 4.78 is 25.4. The van der Waals surface area contributed by atoms with Crippen molar-refractivity contribution in [3.63, 3.8) is 0 Å². The number of aromatic nitrogens is 2. The van der Waals surface area contributed by atoms with E-state index in [0.717, 1.165) is 47.1 Å². The molecule has 3 aromatic carbocycles. The van der Waals surface area contributed by atoms with Crippen LogP contribution in [0.25, 0.3) is 33.3 Å². The molecule has 1 fully saturated rings. The summed E-state index contributed by atoms with van der Waals surface area (Å²) in [5.41, 5.74) is 4.40. The van der Waals surface area contributed by atoms with Gasteiger partial charge in [-0.2, -0.15) is 15.2 Å². The van der Waals surface area contributed by atoms with Gasteiger partial charge in [-0.25, -0.2) is 4.39 Å². The fraction of sp³-hybridized carbons (Fsp3) is 0.222. The summed E-state index contributed by atoms with van der Waals surface area (Å²) in [6.07, 6.45) is 1.07. The fourth-order valence-corrected chi connectivity index (χ4v) is 4.17. The Morgan fingerprint density at radius 3 is 2.50 bits per heavy atom. The second kappa shape index (κ2) is 9.46. The van der Waals surface area contributed by atoms with Crippen molar-refractivity contribution in [1.82, 2.24) is 15.3 Å². The van der Waals surface area contributed by atoms with E-state index in [1.54, 1.807) is 18.2 Å². The monoisotopic (exact) mass is 454 g/mol. The molecule has 1 saturated heterocycles. The first-order chi connectivity index (χ1) is 16.6. The van der Waals surface area contributed by atoms with Crippen LogP contribution in [0.1, 0.15) is 12.0 Å². The molecule has 1 aliphatic rings. The summed E-state index contributed by atoms with van der Waals surface area (Å²) in [7, 11) is 1.44. The summed E-state index contributed by atoms with van der Waals surface area (Å²) in [5.74, 6) is 0.212. The Bertz CT molecular complexity index is 1380. The van der Waals surface area contributed by atoms with E-state index in [-0.39, 0.29) is 5.75 Å². The Morgan fingerprint density at radius 2 is 1.79 bits per heavy atom. The van der Waals surface area contributed by atoms with Crippen molar-refractivity contribution in [1.29, 1.82) is 5.26 Å². The number of hydrogen-bond acceptors (Lipinski definition) is 6. The minimum Gasteiger partial charge on any atom is -0.494 e. The molecule has 4 aromatic rings. The number of methoxy groups -OCH3 is 1. The largest absolute Gasteiger partial charge is 0.494 e. The molecule has 5 rings (SSSR count). The highest BCUT2D eigenvalue weighted by Gasteiger charge is 2.17. The minimum atomic E-state index is -0.422. The number of benzene rings is 3. The molecule has 2 heterocycles. The van der Waals surface area contributed by atoms with Crippen LogP contribution in [0.2, 0.25) is 0 Å². The van der Waals surface area contributed by atoms with Crippen molar-refractivity contribution in [3.8, 4) is 40.2 Å². The zero-order chi connectivity index (χ0) is 23.5. The molecule has 0 radical (unpaired) electrons. The van der Waals surface area contributed by atoms with Gasteiger partial charge in [0.25, 0.3) is 0 Å². The number of hydrogen-bond donors (Lipinski definition) is 1. The van der Waals surface area contributed by atoms with Gasteiger partial charge in [0.05, 0.1) is 36.6 Å². The second-order valence-corrected chi connectivity index (χ2v) is 8.30. The van der Waals surface area contributed by atoms with E-state index in [2.05, 4.69) is 16.4 Å². The van der Waals surface area contributed by atoms with Crippen molar-refractivity contribution in [2.24, 2.45) is 5.92 Å². The summed E-state index contributed by atoms with van der Waals surface area (Å²) in [5, 5.41) is 13.3. The Morgan fingerprint density at radius 1 is 1.03 bits per heavy atom. The number of nitrogens with zero attached hydrogens (tertiary/aromatic N) is 3. The number of nitrogens with one attached hydrogen (secondary N) is 1. The molecule has 7 heteroatoms. The lowest BCUT2D eigenvalue weighted by molar-refractivity contribution is 0.242. The van der Waals surface area contributed by atoms with Gasteiger partial charge in [0, 0.05) is 23.4 Å². The first-order valence-corrected chi connectivity index (χ1v) is 11.1.